The maximum atomic E-state index is 13.7. The van der Waals surface area contributed by atoms with E-state index >= 15 is 0 Å². The fourth-order valence-electron chi connectivity index (χ4n) is 3.05. The second-order valence-corrected chi connectivity index (χ2v) is 6.46. The van der Waals surface area contributed by atoms with Crippen molar-refractivity contribution in [2.75, 3.05) is 0 Å². The monoisotopic (exact) mass is 376 g/mol. The molecular weight excluding hydrogens is 357 g/mol. The van der Waals surface area contributed by atoms with E-state index in [0.29, 0.717) is 23.6 Å². The molecule has 2 aromatic rings. The van der Waals surface area contributed by atoms with Gasteiger partial charge in [-0.05, 0) is 35.9 Å². The van der Waals surface area contributed by atoms with Gasteiger partial charge < -0.3 is 10.1 Å². The standard InChI is InChI=1S/C22H18FN3O2/c23-20-9-2-1-6-17(20)14-28-19-8-3-5-16(11-19)12-25-22(27)21-10-4-7-18-13-24-15-26(18)21/h1-11,13,15,18H,12,14H2/p+1. The van der Waals surface area contributed by atoms with Crippen molar-refractivity contribution in [2.45, 2.75) is 19.2 Å². The summed E-state index contributed by atoms with van der Waals surface area (Å²) in [5.74, 6) is 0.159. The van der Waals surface area contributed by atoms with Crippen molar-refractivity contribution in [3.05, 3.63) is 89.4 Å². The zero-order chi connectivity index (χ0) is 19.3. The van der Waals surface area contributed by atoms with E-state index in [1.54, 1.807) is 36.8 Å². The lowest BCUT2D eigenvalue weighted by molar-refractivity contribution is -0.474. The molecule has 2 aliphatic heterocycles. The van der Waals surface area contributed by atoms with Gasteiger partial charge in [0.25, 0.3) is 12.2 Å². The number of carbonyl (C=O) groups is 1. The number of hydrogen-bond donors (Lipinski definition) is 1. The zero-order valence-electron chi connectivity index (χ0n) is 15.1. The molecule has 0 fully saturated rings. The van der Waals surface area contributed by atoms with E-state index in [-0.39, 0.29) is 24.4 Å². The second kappa shape index (κ2) is 8.00. The molecule has 0 spiro atoms. The zero-order valence-corrected chi connectivity index (χ0v) is 15.1. The van der Waals surface area contributed by atoms with Gasteiger partial charge in [-0.15, -0.1) is 0 Å². The summed E-state index contributed by atoms with van der Waals surface area (Å²) in [6.07, 6.45) is 9.04. The summed E-state index contributed by atoms with van der Waals surface area (Å²) in [6.45, 7) is 0.504. The van der Waals surface area contributed by atoms with Crippen LogP contribution >= 0.6 is 0 Å². The third-order valence-corrected chi connectivity index (χ3v) is 4.53. The van der Waals surface area contributed by atoms with Gasteiger partial charge in [-0.25, -0.2) is 8.97 Å². The number of carbonyl (C=O) groups excluding carboxylic acids is 1. The van der Waals surface area contributed by atoms with Gasteiger partial charge >= 0.3 is 0 Å². The summed E-state index contributed by atoms with van der Waals surface area (Å²) in [4.78, 5) is 16.6. The fourth-order valence-corrected chi connectivity index (χ4v) is 3.05. The largest absolute Gasteiger partial charge is 0.489 e. The Morgan fingerprint density at radius 1 is 1.21 bits per heavy atom. The molecule has 1 N–H and O–H groups in total. The van der Waals surface area contributed by atoms with Gasteiger partial charge in [0.05, 0.1) is 0 Å². The fraction of sp³-hybridized carbons (Fsp3) is 0.136. The third-order valence-electron chi connectivity index (χ3n) is 4.53. The minimum absolute atomic E-state index is 0.000796. The summed E-state index contributed by atoms with van der Waals surface area (Å²) < 4.78 is 21.2. The minimum atomic E-state index is -0.290. The molecule has 4 rings (SSSR count). The molecule has 2 aromatic carbocycles. The molecule has 0 saturated carbocycles. The minimum Gasteiger partial charge on any atom is -0.489 e. The highest BCUT2D eigenvalue weighted by Gasteiger charge is 2.29. The molecule has 140 valence electrons. The van der Waals surface area contributed by atoms with Crippen molar-refractivity contribution in [3.8, 4) is 5.75 Å². The Morgan fingerprint density at radius 3 is 3.00 bits per heavy atom. The quantitative estimate of drug-likeness (QED) is 0.788. The van der Waals surface area contributed by atoms with E-state index in [0.717, 1.165) is 5.56 Å². The molecular formula is C22H19FN3O2+. The normalized spacial score (nSPS) is 17.0. The number of aliphatic imine (C=N–C) groups is 1. The third kappa shape index (κ3) is 3.91. The number of nitrogens with one attached hydrogen (secondary N) is 1. The average molecular weight is 376 g/mol. The van der Waals surface area contributed by atoms with Crippen LogP contribution in [-0.4, -0.2) is 29.1 Å². The lowest BCUT2D eigenvalue weighted by Crippen LogP contribution is -2.34. The molecule has 0 radical (unpaired) electrons. The maximum Gasteiger partial charge on any atom is 0.291 e. The first-order valence-corrected chi connectivity index (χ1v) is 8.97. The van der Waals surface area contributed by atoms with Gasteiger partial charge in [0.15, 0.2) is 18.0 Å². The molecule has 0 aromatic heterocycles. The van der Waals surface area contributed by atoms with Crippen molar-refractivity contribution in [1.29, 1.82) is 0 Å². The van der Waals surface area contributed by atoms with Gasteiger partial charge in [0, 0.05) is 12.1 Å². The SMILES string of the molecule is O=C(NCc1cccc(OCc2ccccc2F)c1)C1=CC=CC2C=NC=[N+]12. The maximum absolute atomic E-state index is 13.7. The van der Waals surface area contributed by atoms with Gasteiger partial charge in [0.2, 0.25) is 0 Å². The van der Waals surface area contributed by atoms with Crippen molar-refractivity contribution in [1.82, 2.24) is 5.32 Å². The number of nitrogens with zero attached hydrogens (tertiary/aromatic N) is 2. The van der Waals surface area contributed by atoms with Crippen LogP contribution in [0.1, 0.15) is 11.1 Å². The Balaban J connectivity index is 1.36. The average Bonchev–Trinajstić information content (AvgIpc) is 3.21. The van der Waals surface area contributed by atoms with Gasteiger partial charge in [0.1, 0.15) is 18.2 Å². The van der Waals surface area contributed by atoms with Crippen LogP contribution in [0, 0.1) is 5.82 Å². The van der Waals surface area contributed by atoms with Crippen molar-refractivity contribution in [2.24, 2.45) is 4.99 Å². The number of fused-ring (bicyclic) bond motifs is 1. The van der Waals surface area contributed by atoms with E-state index in [1.165, 1.54) is 6.07 Å². The number of allylic oxidation sites excluding steroid dienone is 2. The van der Waals surface area contributed by atoms with Crippen molar-refractivity contribution < 1.29 is 18.5 Å². The molecule has 1 unspecified atom stereocenters. The summed E-state index contributed by atoms with van der Waals surface area (Å²) in [5, 5.41) is 2.92. The van der Waals surface area contributed by atoms with E-state index in [1.807, 2.05) is 41.0 Å². The Morgan fingerprint density at radius 2 is 2.11 bits per heavy atom. The van der Waals surface area contributed by atoms with Crippen LogP contribution in [0.2, 0.25) is 0 Å². The topological polar surface area (TPSA) is 53.7 Å². The lowest BCUT2D eigenvalue weighted by atomic mass is 10.1. The molecule has 1 atom stereocenters. The van der Waals surface area contributed by atoms with Crippen LogP contribution in [0.25, 0.3) is 0 Å². The summed E-state index contributed by atoms with van der Waals surface area (Å²) in [7, 11) is 0. The van der Waals surface area contributed by atoms with Crippen LogP contribution in [0.3, 0.4) is 0 Å². The Labute approximate surface area is 162 Å². The first kappa shape index (κ1) is 17.9. The molecule has 2 aliphatic rings. The Kier molecular flexibility index (Phi) is 5.10. The Hall–Kier alpha value is -3.54. The van der Waals surface area contributed by atoms with Gasteiger partial charge in [-0.3, -0.25) is 4.79 Å². The van der Waals surface area contributed by atoms with Crippen LogP contribution in [0.5, 0.6) is 5.75 Å². The summed E-state index contributed by atoms with van der Waals surface area (Å²) >= 11 is 0. The predicted octanol–water partition coefficient (Wildman–Crippen LogP) is 2.97. The number of halogens is 1. The summed E-state index contributed by atoms with van der Waals surface area (Å²) in [5.41, 5.74) is 1.94. The number of rotatable bonds is 6. The molecule has 1 amide bonds. The number of ether oxygens (including phenoxy) is 1. The first-order chi connectivity index (χ1) is 13.7. The molecule has 0 aliphatic carbocycles. The molecule has 28 heavy (non-hydrogen) atoms. The second-order valence-electron chi connectivity index (χ2n) is 6.46. The molecule has 5 nitrogen and oxygen atoms in total. The number of amides is 1. The van der Waals surface area contributed by atoms with Crippen molar-refractivity contribution in [3.63, 3.8) is 0 Å². The van der Waals surface area contributed by atoms with Crippen LogP contribution < -0.4 is 10.1 Å². The van der Waals surface area contributed by atoms with Crippen LogP contribution in [0.4, 0.5) is 4.39 Å². The molecule has 0 saturated heterocycles. The van der Waals surface area contributed by atoms with Gasteiger partial charge in [-0.1, -0.05) is 41.4 Å². The first-order valence-electron chi connectivity index (χ1n) is 8.97. The highest BCUT2D eigenvalue weighted by atomic mass is 19.1. The van der Waals surface area contributed by atoms with E-state index in [4.69, 9.17) is 4.74 Å². The van der Waals surface area contributed by atoms with Gasteiger partial charge in [-0.2, -0.15) is 0 Å². The molecule has 6 heteroatoms. The lowest BCUT2D eigenvalue weighted by Gasteiger charge is -2.14. The number of hydrogen-bond acceptors (Lipinski definition) is 3. The van der Waals surface area contributed by atoms with Crippen LogP contribution in [0.15, 0.2) is 77.4 Å². The van der Waals surface area contributed by atoms with Crippen LogP contribution in [-0.2, 0) is 17.9 Å². The highest BCUT2D eigenvalue weighted by molar-refractivity contribution is 5.93. The Bertz CT molecular complexity index is 1020. The molecule has 0 bridgehead atoms. The van der Waals surface area contributed by atoms with Crippen molar-refractivity contribution >= 4 is 18.5 Å². The predicted molar refractivity (Wildman–Crippen MR) is 105 cm³/mol. The summed E-state index contributed by atoms with van der Waals surface area (Å²) in [6, 6.07) is 13.9. The van der Waals surface area contributed by atoms with E-state index in [2.05, 4.69) is 10.3 Å². The highest BCUT2D eigenvalue weighted by Crippen LogP contribution is 2.17. The molecule has 2 heterocycles. The smallest absolute Gasteiger partial charge is 0.291 e. The van der Waals surface area contributed by atoms with E-state index < -0.39 is 0 Å². The number of benzene rings is 2. The van der Waals surface area contributed by atoms with E-state index in [9.17, 15) is 9.18 Å².